The van der Waals surface area contributed by atoms with Crippen LogP contribution in [0.1, 0.15) is 89.9 Å². The molecule has 0 heterocycles. The Hall–Kier alpha value is -3.34. The minimum atomic E-state index is -1.12. The van der Waals surface area contributed by atoms with Crippen molar-refractivity contribution < 1.29 is 49.5 Å². The molecule has 0 bridgehead atoms. The predicted octanol–water partition coefficient (Wildman–Crippen LogP) is 0.377. The first kappa shape index (κ1) is 38.7. The highest BCUT2D eigenvalue weighted by Gasteiger charge is 2.15. The summed E-state index contributed by atoms with van der Waals surface area (Å²) in [4.78, 5) is 69.5. The van der Waals surface area contributed by atoms with E-state index >= 15 is 0 Å². The van der Waals surface area contributed by atoms with Crippen molar-refractivity contribution in [3.8, 4) is 0 Å². The van der Waals surface area contributed by atoms with Crippen LogP contribution in [0.4, 0.5) is 0 Å². The van der Waals surface area contributed by atoms with Gasteiger partial charge >= 0.3 is 5.97 Å². The second-order valence-electron chi connectivity index (χ2n) is 9.76. The fourth-order valence-corrected chi connectivity index (χ4v) is 3.58. The largest absolute Gasteiger partial charge is 0.481 e. The third-order valence-electron chi connectivity index (χ3n) is 6.11. The van der Waals surface area contributed by atoms with E-state index in [1.165, 1.54) is 0 Å². The van der Waals surface area contributed by atoms with E-state index in [0.29, 0.717) is 86.2 Å². The highest BCUT2D eigenvalue weighted by Crippen LogP contribution is 2.03. The first-order chi connectivity index (χ1) is 20.0. The van der Waals surface area contributed by atoms with Gasteiger partial charge < -0.3 is 21.5 Å². The smallest absolute Gasteiger partial charge is 0.303 e. The molecular formula is C26H48N6O10. The van der Waals surface area contributed by atoms with Gasteiger partial charge in [0.25, 0.3) is 0 Å². The fourth-order valence-electron chi connectivity index (χ4n) is 3.58. The molecule has 5 amide bonds. The highest BCUT2D eigenvalue weighted by atomic mass is 16.5. The lowest BCUT2D eigenvalue weighted by Crippen LogP contribution is -2.31. The van der Waals surface area contributed by atoms with Gasteiger partial charge in [-0.25, -0.2) is 15.2 Å². The van der Waals surface area contributed by atoms with Gasteiger partial charge in [-0.1, -0.05) is 0 Å². The van der Waals surface area contributed by atoms with Crippen molar-refractivity contribution in [1.29, 1.82) is 0 Å². The van der Waals surface area contributed by atoms with Crippen molar-refractivity contribution in [2.24, 2.45) is 5.73 Å². The van der Waals surface area contributed by atoms with Gasteiger partial charge in [0.2, 0.25) is 29.5 Å². The van der Waals surface area contributed by atoms with Crippen molar-refractivity contribution in [3.63, 3.8) is 0 Å². The van der Waals surface area contributed by atoms with Crippen molar-refractivity contribution in [3.05, 3.63) is 0 Å². The molecule has 0 saturated carbocycles. The molecule has 0 aromatic rings. The first-order valence-electron chi connectivity index (χ1n) is 14.4. The van der Waals surface area contributed by atoms with Gasteiger partial charge in [-0.15, -0.1) is 0 Å². The monoisotopic (exact) mass is 604 g/mol. The van der Waals surface area contributed by atoms with Gasteiger partial charge in [0.15, 0.2) is 0 Å². The number of carboxylic acid groups (broad SMARTS) is 1. The van der Waals surface area contributed by atoms with Gasteiger partial charge in [0, 0.05) is 64.8 Å². The molecule has 0 spiro atoms. The van der Waals surface area contributed by atoms with E-state index in [0.717, 1.165) is 0 Å². The molecule has 0 saturated heterocycles. The summed E-state index contributed by atoms with van der Waals surface area (Å²) in [6.07, 6.45) is 3.62. The lowest BCUT2D eigenvalue weighted by molar-refractivity contribution is -0.166. The molecule has 0 aromatic heterocycles. The molecule has 16 heteroatoms. The molecule has 0 atom stereocenters. The molecule has 0 aromatic carbocycles. The summed E-state index contributed by atoms with van der Waals surface area (Å²) in [6, 6.07) is 0. The van der Waals surface area contributed by atoms with Crippen molar-refractivity contribution in [1.82, 2.24) is 25.8 Å². The Kier molecular flexibility index (Phi) is 22.3. The Morgan fingerprint density at radius 3 is 1.21 bits per heavy atom. The van der Waals surface area contributed by atoms with Gasteiger partial charge in [-0.05, 0) is 57.9 Å². The summed E-state index contributed by atoms with van der Waals surface area (Å²) in [5.74, 6) is -3.55. The number of unbranched alkanes of at least 4 members (excludes halogenated alkanes) is 5. The molecule has 0 aliphatic carbocycles. The van der Waals surface area contributed by atoms with Crippen molar-refractivity contribution in [2.75, 3.05) is 39.3 Å². The average molecular weight is 605 g/mol. The normalized spacial score (nSPS) is 10.6. The Morgan fingerprint density at radius 1 is 0.500 bits per heavy atom. The Balaban J connectivity index is 3.79. The molecule has 0 aliphatic rings. The van der Waals surface area contributed by atoms with Gasteiger partial charge in [0.05, 0.1) is 6.42 Å². The van der Waals surface area contributed by atoms with Crippen LogP contribution in [0.25, 0.3) is 0 Å². The first-order valence-corrected chi connectivity index (χ1v) is 14.4. The molecule has 0 rings (SSSR count). The van der Waals surface area contributed by atoms with Crippen LogP contribution in [0.2, 0.25) is 0 Å². The Bertz CT molecular complexity index is 844. The summed E-state index contributed by atoms with van der Waals surface area (Å²) < 4.78 is 0. The fraction of sp³-hybridized carbons (Fsp3) is 0.769. The zero-order valence-corrected chi connectivity index (χ0v) is 24.3. The van der Waals surface area contributed by atoms with Crippen molar-refractivity contribution in [2.45, 2.75) is 89.9 Å². The molecule has 0 unspecified atom stereocenters. The van der Waals surface area contributed by atoms with Crippen LogP contribution < -0.4 is 16.4 Å². The molecule has 16 nitrogen and oxygen atoms in total. The van der Waals surface area contributed by atoms with E-state index in [1.54, 1.807) is 0 Å². The number of amides is 5. The third kappa shape index (κ3) is 21.4. The summed E-state index contributed by atoms with van der Waals surface area (Å²) in [6.45, 7) is 1.51. The van der Waals surface area contributed by atoms with Crippen LogP contribution in [0, 0.1) is 0 Å². The standard InChI is InChI=1S/C26H48N6O10/c27-15-3-8-20-32(42)24(36)12-10-22(34)29-16-4-1-6-18-30(40)23(35)11-9-21(33)28-17-5-2-7-19-31(41)25(37)13-14-26(38)39/h40-42H,1-20,27H2,(H,28,33)(H,29,34)(H,38,39). The quantitative estimate of drug-likeness (QED) is 0.0426. The molecule has 0 aliphatic heterocycles. The Labute approximate surface area is 246 Å². The Morgan fingerprint density at radius 2 is 0.857 bits per heavy atom. The maximum absolute atomic E-state index is 12.0. The van der Waals surface area contributed by atoms with Crippen molar-refractivity contribution >= 4 is 35.5 Å². The lowest BCUT2D eigenvalue weighted by Gasteiger charge is -2.15. The maximum Gasteiger partial charge on any atom is 0.303 e. The topological polar surface area (TPSA) is 243 Å². The summed E-state index contributed by atoms with van der Waals surface area (Å²) in [5, 5.41) is 44.6. The minimum absolute atomic E-state index is 0.0402. The predicted molar refractivity (Wildman–Crippen MR) is 148 cm³/mol. The minimum Gasteiger partial charge on any atom is -0.481 e. The number of carbonyl (C=O) groups is 6. The van der Waals surface area contributed by atoms with Crippen LogP contribution in [-0.4, -0.2) is 111 Å². The molecule has 242 valence electrons. The van der Waals surface area contributed by atoms with Gasteiger partial charge in [-0.3, -0.25) is 44.4 Å². The van der Waals surface area contributed by atoms with E-state index in [4.69, 9.17) is 10.8 Å². The van der Waals surface area contributed by atoms with Crippen LogP contribution >= 0.6 is 0 Å². The average Bonchev–Trinajstić information content (AvgIpc) is 2.96. The number of carbonyl (C=O) groups excluding carboxylic acids is 5. The maximum atomic E-state index is 12.0. The van der Waals surface area contributed by atoms with Crippen LogP contribution in [0.3, 0.4) is 0 Å². The number of nitrogens with one attached hydrogen (secondary N) is 2. The zero-order chi connectivity index (χ0) is 31.8. The van der Waals surface area contributed by atoms with E-state index < -0.39 is 23.7 Å². The van der Waals surface area contributed by atoms with Crippen LogP contribution in [0.5, 0.6) is 0 Å². The number of hydroxylamine groups is 6. The second kappa shape index (κ2) is 24.3. The van der Waals surface area contributed by atoms with E-state index in [1.807, 2.05) is 0 Å². The summed E-state index contributed by atoms with van der Waals surface area (Å²) in [7, 11) is 0. The number of hydrogen-bond acceptors (Lipinski definition) is 10. The molecule has 8 N–H and O–H groups in total. The van der Waals surface area contributed by atoms with Crippen LogP contribution in [0.15, 0.2) is 0 Å². The number of rotatable bonds is 25. The number of hydrogen-bond donors (Lipinski definition) is 7. The molecule has 42 heavy (non-hydrogen) atoms. The lowest BCUT2D eigenvalue weighted by atomic mass is 10.2. The van der Waals surface area contributed by atoms with E-state index in [-0.39, 0.29) is 70.0 Å². The molecule has 0 fully saturated rings. The molecular weight excluding hydrogens is 556 g/mol. The SMILES string of the molecule is NCCCCN(O)C(=O)CCC(=O)NCCCCCN(O)C(=O)CCC(=O)NCCCCCN(O)C(=O)CCC(=O)O. The van der Waals surface area contributed by atoms with E-state index in [2.05, 4.69) is 10.6 Å². The second-order valence-corrected chi connectivity index (χ2v) is 9.76. The third-order valence-corrected chi connectivity index (χ3v) is 6.11. The van der Waals surface area contributed by atoms with Crippen LogP contribution in [-0.2, 0) is 28.8 Å². The summed E-state index contributed by atoms with van der Waals surface area (Å²) in [5.41, 5.74) is 5.36. The van der Waals surface area contributed by atoms with Gasteiger partial charge in [0.1, 0.15) is 0 Å². The van der Waals surface area contributed by atoms with E-state index in [9.17, 15) is 44.4 Å². The zero-order valence-electron chi connectivity index (χ0n) is 24.3. The summed E-state index contributed by atoms with van der Waals surface area (Å²) >= 11 is 0. The number of aliphatic carboxylic acids is 1. The van der Waals surface area contributed by atoms with Gasteiger partial charge in [-0.2, -0.15) is 0 Å². The number of carboxylic acids is 1. The number of nitrogens with zero attached hydrogens (tertiary/aromatic N) is 3. The number of nitrogens with two attached hydrogens (primary N) is 1. The molecule has 0 radical (unpaired) electrons. The highest BCUT2D eigenvalue weighted by molar-refractivity contribution is 5.84.